The third kappa shape index (κ3) is 4.72. The predicted molar refractivity (Wildman–Crippen MR) is 74.1 cm³/mol. The number of rotatable bonds is 6. The molecule has 1 rings (SSSR count). The topological polar surface area (TPSA) is 101 Å². The summed E-state index contributed by atoms with van der Waals surface area (Å²) in [6, 6.07) is 3.36. The summed E-state index contributed by atoms with van der Waals surface area (Å²) in [6.07, 6.45) is 3.11. The summed E-state index contributed by atoms with van der Waals surface area (Å²) >= 11 is 0. The summed E-state index contributed by atoms with van der Waals surface area (Å²) in [5, 5.41) is 2.36. The molecular formula is C12H16FN3O3S. The highest BCUT2D eigenvalue weighted by molar-refractivity contribution is 7.89. The molecule has 0 unspecified atom stereocenters. The van der Waals surface area contributed by atoms with Crippen molar-refractivity contribution in [2.75, 3.05) is 18.4 Å². The number of anilines is 1. The fourth-order valence-corrected chi connectivity index (χ4v) is 2.45. The van der Waals surface area contributed by atoms with Crippen molar-refractivity contribution in [3.8, 4) is 0 Å². The minimum absolute atomic E-state index is 0.0203. The van der Waals surface area contributed by atoms with Crippen LogP contribution in [0.3, 0.4) is 0 Å². The maximum Gasteiger partial charge on any atom is 0.243 e. The highest BCUT2D eigenvalue weighted by Crippen LogP contribution is 2.18. The van der Waals surface area contributed by atoms with E-state index in [4.69, 9.17) is 5.73 Å². The fourth-order valence-electron chi connectivity index (χ4n) is 1.41. The van der Waals surface area contributed by atoms with Gasteiger partial charge in [0.05, 0.1) is 0 Å². The quantitative estimate of drug-likeness (QED) is 0.669. The zero-order chi connectivity index (χ0) is 15.2. The van der Waals surface area contributed by atoms with Gasteiger partial charge in [0, 0.05) is 25.7 Å². The lowest BCUT2D eigenvalue weighted by Gasteiger charge is -2.08. The van der Waals surface area contributed by atoms with Gasteiger partial charge < -0.3 is 11.1 Å². The fraction of sp³-hybridized carbons (Fsp3) is 0.250. The Labute approximate surface area is 116 Å². The third-order valence-electron chi connectivity index (χ3n) is 2.24. The van der Waals surface area contributed by atoms with Crippen molar-refractivity contribution in [3.05, 3.63) is 36.2 Å². The summed E-state index contributed by atoms with van der Waals surface area (Å²) in [6.45, 7) is 1.59. The molecule has 0 heterocycles. The third-order valence-corrected chi connectivity index (χ3v) is 3.69. The van der Waals surface area contributed by atoms with Crippen molar-refractivity contribution in [3.63, 3.8) is 0 Å². The van der Waals surface area contributed by atoms with E-state index in [1.165, 1.54) is 19.1 Å². The molecule has 6 nitrogen and oxygen atoms in total. The van der Waals surface area contributed by atoms with E-state index < -0.39 is 20.7 Å². The van der Waals surface area contributed by atoms with E-state index in [0.29, 0.717) is 6.54 Å². The normalized spacial score (nSPS) is 11.8. The minimum atomic E-state index is -3.95. The summed E-state index contributed by atoms with van der Waals surface area (Å²) in [7, 11) is -3.95. The highest BCUT2D eigenvalue weighted by Gasteiger charge is 2.18. The number of hydrogen-bond acceptors (Lipinski definition) is 4. The number of hydrogen-bond donors (Lipinski definition) is 3. The Hall–Kier alpha value is -1.77. The van der Waals surface area contributed by atoms with Gasteiger partial charge in [-0.3, -0.25) is 4.79 Å². The first-order valence-electron chi connectivity index (χ1n) is 5.78. The Morgan fingerprint density at radius 2 is 2.10 bits per heavy atom. The van der Waals surface area contributed by atoms with Crippen LogP contribution in [0, 0.1) is 5.82 Å². The number of carbonyl (C=O) groups is 1. The lowest BCUT2D eigenvalue weighted by Crippen LogP contribution is -2.25. The standard InChI is InChI=1S/C12H16FN3O3S/c1-9(17)16-10-4-5-12(11(13)8-10)20(18,19)15-7-3-2-6-14/h2-5,8,15H,6-7,14H2,1H3,(H,16,17)/b3-2+. The van der Waals surface area contributed by atoms with E-state index in [1.807, 2.05) is 0 Å². The van der Waals surface area contributed by atoms with E-state index in [0.717, 1.165) is 12.1 Å². The molecule has 1 aromatic carbocycles. The maximum atomic E-state index is 13.8. The zero-order valence-electron chi connectivity index (χ0n) is 10.9. The maximum absolute atomic E-state index is 13.8. The van der Waals surface area contributed by atoms with Gasteiger partial charge >= 0.3 is 0 Å². The molecule has 0 saturated heterocycles. The monoisotopic (exact) mass is 301 g/mol. The molecule has 0 aliphatic heterocycles. The molecule has 0 atom stereocenters. The van der Waals surface area contributed by atoms with Crippen LogP contribution >= 0.6 is 0 Å². The second kappa shape index (κ2) is 7.13. The molecule has 0 radical (unpaired) electrons. The average Bonchev–Trinajstić information content (AvgIpc) is 2.33. The van der Waals surface area contributed by atoms with Crippen LogP contribution in [0.2, 0.25) is 0 Å². The zero-order valence-corrected chi connectivity index (χ0v) is 11.7. The lowest BCUT2D eigenvalue weighted by molar-refractivity contribution is -0.114. The Balaban J connectivity index is 2.90. The Morgan fingerprint density at radius 1 is 1.40 bits per heavy atom. The number of benzene rings is 1. The Bertz CT molecular complexity index is 614. The van der Waals surface area contributed by atoms with Gasteiger partial charge in [-0.05, 0) is 18.2 Å². The van der Waals surface area contributed by atoms with Crippen LogP contribution in [0.5, 0.6) is 0 Å². The summed E-state index contributed by atoms with van der Waals surface area (Å²) in [5.74, 6) is -1.31. The summed E-state index contributed by atoms with van der Waals surface area (Å²) in [4.78, 5) is 10.3. The summed E-state index contributed by atoms with van der Waals surface area (Å²) in [5.41, 5.74) is 5.40. The van der Waals surface area contributed by atoms with Crippen molar-refractivity contribution in [2.45, 2.75) is 11.8 Å². The average molecular weight is 301 g/mol. The number of halogens is 1. The van der Waals surface area contributed by atoms with Crippen LogP contribution in [-0.2, 0) is 14.8 Å². The molecule has 0 spiro atoms. The Kier molecular flexibility index (Phi) is 5.81. The molecular weight excluding hydrogens is 285 g/mol. The molecule has 20 heavy (non-hydrogen) atoms. The van der Waals surface area contributed by atoms with Crippen molar-refractivity contribution in [1.29, 1.82) is 0 Å². The molecule has 1 aromatic rings. The first-order chi connectivity index (χ1) is 9.36. The van der Waals surface area contributed by atoms with E-state index >= 15 is 0 Å². The van der Waals surface area contributed by atoms with Crippen molar-refractivity contribution in [1.82, 2.24) is 4.72 Å². The number of carbonyl (C=O) groups excluding carboxylic acids is 1. The van der Waals surface area contributed by atoms with Crippen LogP contribution in [0.15, 0.2) is 35.2 Å². The smallest absolute Gasteiger partial charge is 0.243 e. The van der Waals surface area contributed by atoms with Gasteiger partial charge in [0.2, 0.25) is 15.9 Å². The summed E-state index contributed by atoms with van der Waals surface area (Å²) < 4.78 is 39.7. The second-order valence-corrected chi connectivity index (χ2v) is 5.62. The number of amides is 1. The molecule has 0 aliphatic rings. The first-order valence-corrected chi connectivity index (χ1v) is 7.27. The van der Waals surface area contributed by atoms with E-state index in [1.54, 1.807) is 6.08 Å². The molecule has 0 bridgehead atoms. The van der Waals surface area contributed by atoms with Crippen LogP contribution in [0.4, 0.5) is 10.1 Å². The molecule has 0 aliphatic carbocycles. The van der Waals surface area contributed by atoms with E-state index in [2.05, 4.69) is 10.0 Å². The molecule has 0 fully saturated rings. The van der Waals surface area contributed by atoms with Crippen molar-refractivity contribution < 1.29 is 17.6 Å². The van der Waals surface area contributed by atoms with Crippen LogP contribution in [-0.4, -0.2) is 27.4 Å². The van der Waals surface area contributed by atoms with Crippen LogP contribution in [0.25, 0.3) is 0 Å². The second-order valence-electron chi connectivity index (χ2n) is 3.89. The number of sulfonamides is 1. The number of nitrogens with two attached hydrogens (primary N) is 1. The van der Waals surface area contributed by atoms with Gasteiger partial charge in [-0.2, -0.15) is 0 Å². The molecule has 0 saturated carbocycles. The molecule has 110 valence electrons. The van der Waals surface area contributed by atoms with Crippen LogP contribution < -0.4 is 15.8 Å². The molecule has 4 N–H and O–H groups in total. The molecule has 1 amide bonds. The molecule has 0 aromatic heterocycles. The Morgan fingerprint density at radius 3 is 2.65 bits per heavy atom. The van der Waals surface area contributed by atoms with Gasteiger partial charge in [-0.15, -0.1) is 0 Å². The van der Waals surface area contributed by atoms with Gasteiger partial charge in [-0.25, -0.2) is 17.5 Å². The largest absolute Gasteiger partial charge is 0.327 e. The lowest BCUT2D eigenvalue weighted by atomic mass is 10.3. The number of nitrogens with one attached hydrogen (secondary N) is 2. The van der Waals surface area contributed by atoms with E-state index in [9.17, 15) is 17.6 Å². The van der Waals surface area contributed by atoms with E-state index in [-0.39, 0.29) is 18.1 Å². The van der Waals surface area contributed by atoms with Crippen molar-refractivity contribution >= 4 is 21.6 Å². The predicted octanol–water partition coefficient (Wildman–Crippen LogP) is 0.577. The van der Waals surface area contributed by atoms with Crippen molar-refractivity contribution in [2.24, 2.45) is 5.73 Å². The van der Waals surface area contributed by atoms with Gasteiger partial charge in [0.25, 0.3) is 0 Å². The first kappa shape index (κ1) is 16.3. The molecule has 8 heteroatoms. The van der Waals surface area contributed by atoms with Gasteiger partial charge in [0.15, 0.2) is 0 Å². The van der Waals surface area contributed by atoms with Gasteiger partial charge in [0.1, 0.15) is 10.7 Å². The minimum Gasteiger partial charge on any atom is -0.327 e. The highest BCUT2D eigenvalue weighted by atomic mass is 32.2. The van der Waals surface area contributed by atoms with Gasteiger partial charge in [-0.1, -0.05) is 12.2 Å². The van der Waals surface area contributed by atoms with Crippen LogP contribution in [0.1, 0.15) is 6.92 Å². The SMILES string of the molecule is CC(=O)Nc1ccc(S(=O)(=O)NC/C=C/CN)c(F)c1.